The molecule has 0 bridgehead atoms. The van der Waals surface area contributed by atoms with E-state index < -0.39 is 24.6 Å². The van der Waals surface area contributed by atoms with E-state index in [1.807, 2.05) is 11.4 Å². The van der Waals surface area contributed by atoms with Crippen LogP contribution in [0, 0.1) is 5.92 Å². The summed E-state index contributed by atoms with van der Waals surface area (Å²) in [6.45, 7) is 0. The molecule has 1 aliphatic rings. The lowest BCUT2D eigenvalue weighted by Gasteiger charge is -2.22. The van der Waals surface area contributed by atoms with Crippen molar-refractivity contribution in [3.05, 3.63) is 57.2 Å². The Morgan fingerprint density at radius 3 is 2.50 bits per heavy atom. The summed E-state index contributed by atoms with van der Waals surface area (Å²) in [5.41, 5.74) is 4.06. The van der Waals surface area contributed by atoms with Crippen LogP contribution in [0.3, 0.4) is 0 Å². The van der Waals surface area contributed by atoms with E-state index in [0.717, 1.165) is 10.4 Å². The molecule has 1 aromatic heterocycles. The number of nitrogens with zero attached hydrogens (tertiary/aromatic N) is 1. The van der Waals surface area contributed by atoms with Gasteiger partial charge in [0.15, 0.2) is 0 Å². The lowest BCUT2D eigenvalue weighted by atomic mass is 9.87. The zero-order valence-electron chi connectivity index (χ0n) is 11.3. The van der Waals surface area contributed by atoms with E-state index >= 15 is 0 Å². The minimum absolute atomic E-state index is 0.465. The van der Waals surface area contributed by atoms with Crippen molar-refractivity contribution >= 4 is 28.6 Å². The summed E-state index contributed by atoms with van der Waals surface area (Å²) in [7, 11) is 0. The SMILES string of the molecule is FC(F)(F)CC1C(c2cccs2)=NNC1c1ccc(Cl)cc1. The Balaban J connectivity index is 1.92. The van der Waals surface area contributed by atoms with E-state index in [-0.39, 0.29) is 0 Å². The van der Waals surface area contributed by atoms with Gasteiger partial charge in [0.05, 0.1) is 23.1 Å². The third kappa shape index (κ3) is 3.28. The number of thiophene rings is 1. The summed E-state index contributed by atoms with van der Waals surface area (Å²) in [6, 6.07) is 9.91. The van der Waals surface area contributed by atoms with Gasteiger partial charge in [-0.25, -0.2) is 0 Å². The first-order valence-corrected chi connectivity index (χ1v) is 7.89. The Kier molecular flexibility index (Phi) is 4.14. The molecule has 0 spiro atoms. The van der Waals surface area contributed by atoms with E-state index in [2.05, 4.69) is 10.5 Å². The van der Waals surface area contributed by atoms with Crippen molar-refractivity contribution in [2.45, 2.75) is 18.6 Å². The highest BCUT2D eigenvalue weighted by molar-refractivity contribution is 7.12. The van der Waals surface area contributed by atoms with E-state index in [0.29, 0.717) is 10.7 Å². The summed E-state index contributed by atoms with van der Waals surface area (Å²) in [5, 5.41) is 6.55. The summed E-state index contributed by atoms with van der Waals surface area (Å²) in [6.07, 6.45) is -5.16. The van der Waals surface area contributed by atoms with Gasteiger partial charge in [-0.1, -0.05) is 29.8 Å². The van der Waals surface area contributed by atoms with E-state index in [1.54, 1.807) is 30.3 Å². The maximum absolute atomic E-state index is 13.0. The summed E-state index contributed by atoms with van der Waals surface area (Å²) in [4.78, 5) is 0.762. The zero-order chi connectivity index (χ0) is 15.7. The molecule has 7 heteroatoms. The molecule has 0 aliphatic carbocycles. The van der Waals surface area contributed by atoms with E-state index in [1.165, 1.54) is 11.3 Å². The highest BCUT2D eigenvalue weighted by atomic mass is 35.5. The minimum atomic E-state index is -4.25. The van der Waals surface area contributed by atoms with Crippen molar-refractivity contribution in [2.24, 2.45) is 11.0 Å². The maximum Gasteiger partial charge on any atom is 0.389 e. The van der Waals surface area contributed by atoms with Gasteiger partial charge in [-0.3, -0.25) is 0 Å². The fourth-order valence-electron chi connectivity index (χ4n) is 2.57. The molecule has 2 unspecified atom stereocenters. The molecule has 116 valence electrons. The van der Waals surface area contributed by atoms with Crippen LogP contribution in [-0.2, 0) is 0 Å². The van der Waals surface area contributed by atoms with Crippen molar-refractivity contribution in [1.29, 1.82) is 0 Å². The van der Waals surface area contributed by atoms with Crippen LogP contribution in [0.25, 0.3) is 0 Å². The standard InChI is InChI=1S/C15H12ClF3N2S/c16-10-5-3-9(4-6-10)13-11(8-15(17,18)19)14(21-20-13)12-2-1-7-22-12/h1-7,11,13,20H,8H2. The lowest BCUT2D eigenvalue weighted by Crippen LogP contribution is -2.27. The molecule has 0 fully saturated rings. The molecule has 1 aromatic carbocycles. The molecule has 1 N–H and O–H groups in total. The summed E-state index contributed by atoms with van der Waals surface area (Å²) < 4.78 is 38.9. The van der Waals surface area contributed by atoms with Gasteiger partial charge in [-0.05, 0) is 29.1 Å². The first-order valence-electron chi connectivity index (χ1n) is 6.63. The number of rotatable bonds is 3. The first kappa shape index (κ1) is 15.4. The fraction of sp³-hybridized carbons (Fsp3) is 0.267. The topological polar surface area (TPSA) is 24.4 Å². The second kappa shape index (κ2) is 5.93. The molecule has 2 nitrogen and oxygen atoms in total. The minimum Gasteiger partial charge on any atom is -0.302 e. The molecule has 0 saturated carbocycles. The lowest BCUT2D eigenvalue weighted by molar-refractivity contribution is -0.141. The van der Waals surface area contributed by atoms with Crippen molar-refractivity contribution in [2.75, 3.05) is 0 Å². The number of alkyl halides is 3. The summed E-state index contributed by atoms with van der Waals surface area (Å²) in [5.74, 6) is -0.750. The van der Waals surface area contributed by atoms with Crippen LogP contribution >= 0.6 is 22.9 Å². The smallest absolute Gasteiger partial charge is 0.302 e. The highest BCUT2D eigenvalue weighted by Crippen LogP contribution is 2.39. The number of hydrogen-bond donors (Lipinski definition) is 1. The molecule has 0 amide bonds. The van der Waals surface area contributed by atoms with Gasteiger partial charge in [-0.2, -0.15) is 18.3 Å². The molecule has 22 heavy (non-hydrogen) atoms. The Morgan fingerprint density at radius 2 is 1.91 bits per heavy atom. The number of nitrogens with one attached hydrogen (secondary N) is 1. The summed E-state index contributed by atoms with van der Waals surface area (Å²) >= 11 is 7.23. The normalized spacial score (nSPS) is 21.5. The quantitative estimate of drug-likeness (QED) is 0.830. The van der Waals surface area contributed by atoms with Crippen LogP contribution in [0.1, 0.15) is 22.9 Å². The number of benzene rings is 1. The molecular weight excluding hydrogens is 333 g/mol. The predicted molar refractivity (Wildman–Crippen MR) is 82.3 cm³/mol. The van der Waals surface area contributed by atoms with Crippen LogP contribution in [-0.4, -0.2) is 11.9 Å². The van der Waals surface area contributed by atoms with Crippen LogP contribution in [0.15, 0.2) is 46.9 Å². The molecule has 2 heterocycles. The van der Waals surface area contributed by atoms with Gasteiger partial charge < -0.3 is 5.43 Å². The maximum atomic E-state index is 13.0. The van der Waals surface area contributed by atoms with Crippen LogP contribution in [0.2, 0.25) is 5.02 Å². The first-order chi connectivity index (χ1) is 10.4. The van der Waals surface area contributed by atoms with Gasteiger partial charge in [0.2, 0.25) is 0 Å². The van der Waals surface area contributed by atoms with Crippen molar-refractivity contribution < 1.29 is 13.2 Å². The molecule has 2 aromatic rings. The van der Waals surface area contributed by atoms with Crippen LogP contribution in [0.5, 0.6) is 0 Å². The van der Waals surface area contributed by atoms with Gasteiger partial charge in [0, 0.05) is 10.9 Å². The fourth-order valence-corrected chi connectivity index (χ4v) is 3.48. The number of hydrazone groups is 1. The van der Waals surface area contributed by atoms with Gasteiger partial charge in [-0.15, -0.1) is 11.3 Å². The van der Waals surface area contributed by atoms with Crippen molar-refractivity contribution in [3.8, 4) is 0 Å². The Labute approximate surface area is 134 Å². The largest absolute Gasteiger partial charge is 0.389 e. The predicted octanol–water partition coefficient (Wildman–Crippen LogP) is 5.02. The molecular formula is C15H12ClF3N2S. The monoisotopic (exact) mass is 344 g/mol. The van der Waals surface area contributed by atoms with Crippen LogP contribution in [0.4, 0.5) is 13.2 Å². The third-order valence-electron chi connectivity index (χ3n) is 3.53. The average Bonchev–Trinajstić information content (AvgIpc) is 3.07. The Morgan fingerprint density at radius 1 is 1.18 bits per heavy atom. The van der Waals surface area contributed by atoms with Gasteiger partial charge >= 0.3 is 6.18 Å². The number of hydrogen-bond acceptors (Lipinski definition) is 3. The molecule has 3 rings (SSSR count). The second-order valence-electron chi connectivity index (χ2n) is 5.06. The van der Waals surface area contributed by atoms with Crippen LogP contribution < -0.4 is 5.43 Å². The number of halogens is 4. The van der Waals surface area contributed by atoms with Crippen molar-refractivity contribution in [3.63, 3.8) is 0 Å². The van der Waals surface area contributed by atoms with Crippen molar-refractivity contribution in [1.82, 2.24) is 5.43 Å². The second-order valence-corrected chi connectivity index (χ2v) is 6.44. The Hall–Kier alpha value is -1.53. The Bertz CT molecular complexity index is 665. The van der Waals surface area contributed by atoms with Gasteiger partial charge in [0.25, 0.3) is 0 Å². The third-order valence-corrected chi connectivity index (χ3v) is 4.68. The van der Waals surface area contributed by atoms with Gasteiger partial charge in [0.1, 0.15) is 0 Å². The highest BCUT2D eigenvalue weighted by Gasteiger charge is 2.42. The molecule has 0 saturated heterocycles. The molecule has 1 aliphatic heterocycles. The molecule has 2 atom stereocenters. The zero-order valence-corrected chi connectivity index (χ0v) is 12.8. The van der Waals surface area contributed by atoms with E-state index in [4.69, 9.17) is 11.6 Å². The van der Waals surface area contributed by atoms with E-state index in [9.17, 15) is 13.2 Å². The average molecular weight is 345 g/mol. The molecule has 0 radical (unpaired) electrons.